The lowest BCUT2D eigenvalue weighted by atomic mass is 10.0. The van der Waals surface area contributed by atoms with Crippen LogP contribution in [0.15, 0.2) is 53.4 Å². The zero-order valence-electron chi connectivity index (χ0n) is 11.6. The molecule has 0 aliphatic heterocycles. The molecule has 0 fully saturated rings. The van der Waals surface area contributed by atoms with Crippen LogP contribution in [0.4, 0.5) is 5.69 Å². The molecule has 0 heterocycles. The maximum absolute atomic E-state index is 12.3. The lowest BCUT2D eigenvalue weighted by Gasteiger charge is -2.14. The number of hydrogen-bond donors (Lipinski definition) is 2. The molecule has 2 rings (SSSR count). The van der Waals surface area contributed by atoms with Crippen molar-refractivity contribution in [2.24, 2.45) is 0 Å². The molecule has 0 aromatic heterocycles. The Labute approximate surface area is 130 Å². The SMILES string of the molecule is CC(CNS(=O)(=O)c1cc(N)ccc1Cl)c1ccccc1. The normalized spacial score (nSPS) is 13.0. The summed E-state index contributed by atoms with van der Waals surface area (Å²) in [4.78, 5) is 0.00410. The summed E-state index contributed by atoms with van der Waals surface area (Å²) >= 11 is 5.94. The van der Waals surface area contributed by atoms with Gasteiger partial charge in [0.05, 0.1) is 5.02 Å². The number of benzene rings is 2. The molecule has 112 valence electrons. The third-order valence-corrected chi connectivity index (χ3v) is 5.10. The van der Waals surface area contributed by atoms with Crippen LogP contribution in [0.25, 0.3) is 0 Å². The van der Waals surface area contributed by atoms with Crippen molar-refractivity contribution in [1.29, 1.82) is 0 Å². The molecule has 0 amide bonds. The Morgan fingerprint density at radius 3 is 2.52 bits per heavy atom. The summed E-state index contributed by atoms with van der Waals surface area (Å²) < 4.78 is 27.2. The van der Waals surface area contributed by atoms with Crippen LogP contribution in [-0.4, -0.2) is 15.0 Å². The predicted molar refractivity (Wildman–Crippen MR) is 85.9 cm³/mol. The summed E-state index contributed by atoms with van der Waals surface area (Å²) in [6, 6.07) is 14.1. The van der Waals surface area contributed by atoms with Crippen LogP contribution in [0.3, 0.4) is 0 Å². The minimum Gasteiger partial charge on any atom is -0.399 e. The molecule has 21 heavy (non-hydrogen) atoms. The third-order valence-electron chi connectivity index (χ3n) is 3.19. The Hall–Kier alpha value is -1.56. The fourth-order valence-electron chi connectivity index (χ4n) is 1.94. The molecule has 1 unspecified atom stereocenters. The van der Waals surface area contributed by atoms with Gasteiger partial charge in [-0.2, -0.15) is 0 Å². The first-order chi connectivity index (χ1) is 9.90. The van der Waals surface area contributed by atoms with Crippen molar-refractivity contribution in [3.63, 3.8) is 0 Å². The van der Waals surface area contributed by atoms with Crippen molar-refractivity contribution in [3.05, 3.63) is 59.1 Å². The second-order valence-corrected chi connectivity index (χ2v) is 7.00. The molecule has 0 saturated carbocycles. The van der Waals surface area contributed by atoms with Gasteiger partial charge in [0, 0.05) is 12.2 Å². The van der Waals surface area contributed by atoms with E-state index in [1.807, 2.05) is 37.3 Å². The highest BCUT2D eigenvalue weighted by Crippen LogP contribution is 2.24. The zero-order chi connectivity index (χ0) is 15.5. The molecule has 4 nitrogen and oxygen atoms in total. The second kappa shape index (κ2) is 6.47. The topological polar surface area (TPSA) is 72.2 Å². The van der Waals surface area contributed by atoms with Gasteiger partial charge in [0.25, 0.3) is 0 Å². The van der Waals surface area contributed by atoms with Crippen molar-refractivity contribution in [3.8, 4) is 0 Å². The van der Waals surface area contributed by atoms with Crippen molar-refractivity contribution in [2.45, 2.75) is 17.7 Å². The van der Waals surface area contributed by atoms with E-state index >= 15 is 0 Å². The van der Waals surface area contributed by atoms with Gasteiger partial charge in [-0.25, -0.2) is 13.1 Å². The first-order valence-corrected chi connectivity index (χ1v) is 8.36. The minimum atomic E-state index is -3.68. The highest BCUT2D eigenvalue weighted by Gasteiger charge is 2.19. The quantitative estimate of drug-likeness (QED) is 0.830. The molecule has 1 atom stereocenters. The fourth-order valence-corrected chi connectivity index (χ4v) is 3.60. The molecule has 0 radical (unpaired) electrons. The van der Waals surface area contributed by atoms with Crippen molar-refractivity contribution < 1.29 is 8.42 Å². The Morgan fingerprint density at radius 2 is 1.86 bits per heavy atom. The van der Waals surface area contributed by atoms with Gasteiger partial charge in [-0.15, -0.1) is 0 Å². The van der Waals surface area contributed by atoms with E-state index in [-0.39, 0.29) is 22.4 Å². The van der Waals surface area contributed by atoms with E-state index in [0.29, 0.717) is 5.69 Å². The van der Waals surface area contributed by atoms with Crippen LogP contribution in [0, 0.1) is 0 Å². The summed E-state index contributed by atoms with van der Waals surface area (Å²) in [7, 11) is -3.68. The lowest BCUT2D eigenvalue weighted by molar-refractivity contribution is 0.575. The minimum absolute atomic E-state index is 0.00410. The molecular weight excluding hydrogens is 308 g/mol. The number of rotatable bonds is 5. The Bertz CT molecular complexity index is 718. The molecule has 2 aromatic rings. The van der Waals surface area contributed by atoms with Crippen LogP contribution < -0.4 is 10.5 Å². The highest BCUT2D eigenvalue weighted by molar-refractivity contribution is 7.89. The molecule has 2 aromatic carbocycles. The maximum Gasteiger partial charge on any atom is 0.242 e. The third kappa shape index (κ3) is 3.97. The van der Waals surface area contributed by atoms with Gasteiger partial charge < -0.3 is 5.73 Å². The van der Waals surface area contributed by atoms with E-state index in [0.717, 1.165) is 5.56 Å². The molecule has 3 N–H and O–H groups in total. The average molecular weight is 325 g/mol. The summed E-state index contributed by atoms with van der Waals surface area (Å²) in [5.74, 6) is 0.0563. The highest BCUT2D eigenvalue weighted by atomic mass is 35.5. The largest absolute Gasteiger partial charge is 0.399 e. The van der Waals surface area contributed by atoms with Gasteiger partial charge in [0.2, 0.25) is 10.0 Å². The second-order valence-electron chi connectivity index (χ2n) is 4.85. The number of nitrogen functional groups attached to an aromatic ring is 1. The fraction of sp³-hybridized carbons (Fsp3) is 0.200. The number of sulfonamides is 1. The summed E-state index contributed by atoms with van der Waals surface area (Å²) in [5.41, 5.74) is 7.05. The number of hydrogen-bond acceptors (Lipinski definition) is 3. The van der Waals surface area contributed by atoms with Gasteiger partial charge in [-0.05, 0) is 29.7 Å². The monoisotopic (exact) mass is 324 g/mol. The van der Waals surface area contributed by atoms with Gasteiger partial charge in [-0.3, -0.25) is 0 Å². The molecule has 0 spiro atoms. The Balaban J connectivity index is 2.13. The van der Waals surface area contributed by atoms with Gasteiger partial charge >= 0.3 is 0 Å². The van der Waals surface area contributed by atoms with Crippen LogP contribution in [-0.2, 0) is 10.0 Å². The zero-order valence-corrected chi connectivity index (χ0v) is 13.2. The number of nitrogens with one attached hydrogen (secondary N) is 1. The van der Waals surface area contributed by atoms with E-state index in [4.69, 9.17) is 17.3 Å². The van der Waals surface area contributed by atoms with Crippen molar-refractivity contribution in [2.75, 3.05) is 12.3 Å². The van der Waals surface area contributed by atoms with E-state index in [9.17, 15) is 8.42 Å². The van der Waals surface area contributed by atoms with Crippen LogP contribution in [0.5, 0.6) is 0 Å². The first-order valence-electron chi connectivity index (χ1n) is 6.50. The van der Waals surface area contributed by atoms with Crippen LogP contribution in [0.1, 0.15) is 18.4 Å². The van der Waals surface area contributed by atoms with Crippen LogP contribution >= 0.6 is 11.6 Å². The summed E-state index contributed by atoms with van der Waals surface area (Å²) in [6.45, 7) is 2.25. The summed E-state index contributed by atoms with van der Waals surface area (Å²) in [5, 5.41) is 0.157. The molecule has 6 heteroatoms. The molecular formula is C15H17ClN2O2S. The van der Waals surface area contributed by atoms with Gasteiger partial charge in [0.1, 0.15) is 4.90 Å². The number of anilines is 1. The standard InChI is InChI=1S/C15H17ClN2O2S/c1-11(12-5-3-2-4-6-12)10-18-21(19,20)15-9-13(17)7-8-14(15)16/h2-9,11,18H,10,17H2,1H3. The van der Waals surface area contributed by atoms with Crippen molar-refractivity contribution >= 4 is 27.3 Å². The smallest absolute Gasteiger partial charge is 0.242 e. The first kappa shape index (κ1) is 15.8. The average Bonchev–Trinajstić information content (AvgIpc) is 2.48. The van der Waals surface area contributed by atoms with E-state index in [2.05, 4.69) is 4.72 Å². The number of halogens is 1. The lowest BCUT2D eigenvalue weighted by Crippen LogP contribution is -2.28. The number of nitrogens with two attached hydrogens (primary N) is 1. The van der Waals surface area contributed by atoms with Gasteiger partial charge in [-0.1, -0.05) is 48.9 Å². The van der Waals surface area contributed by atoms with E-state index < -0.39 is 10.0 Å². The Kier molecular flexibility index (Phi) is 4.88. The molecule has 0 saturated heterocycles. The summed E-state index contributed by atoms with van der Waals surface area (Å²) in [6.07, 6.45) is 0. The Morgan fingerprint density at radius 1 is 1.19 bits per heavy atom. The molecule has 0 bridgehead atoms. The van der Waals surface area contributed by atoms with E-state index in [1.165, 1.54) is 12.1 Å². The predicted octanol–water partition coefficient (Wildman–Crippen LogP) is 3.00. The maximum atomic E-state index is 12.3. The van der Waals surface area contributed by atoms with Gasteiger partial charge in [0.15, 0.2) is 0 Å². The van der Waals surface area contributed by atoms with Crippen LogP contribution in [0.2, 0.25) is 5.02 Å². The van der Waals surface area contributed by atoms with E-state index in [1.54, 1.807) is 6.07 Å². The van der Waals surface area contributed by atoms with Crippen molar-refractivity contribution in [1.82, 2.24) is 4.72 Å². The molecule has 0 aliphatic carbocycles. The molecule has 0 aliphatic rings.